The van der Waals surface area contributed by atoms with Crippen molar-refractivity contribution >= 4 is 11.9 Å². The summed E-state index contributed by atoms with van der Waals surface area (Å²) in [6.45, 7) is 6.71. The van der Waals surface area contributed by atoms with Gasteiger partial charge >= 0.3 is 6.09 Å². The van der Waals surface area contributed by atoms with Gasteiger partial charge in [-0.2, -0.15) is 0 Å². The molecule has 0 aromatic heterocycles. The van der Waals surface area contributed by atoms with Gasteiger partial charge in [0.1, 0.15) is 0 Å². The standard InChI is InChI=1S/C11H19NO3/c1-4-8-12(5-2)10(14)15-11(6-7-11)9(3)13/h4-8H2,1-3H3. The van der Waals surface area contributed by atoms with Crippen molar-refractivity contribution in [2.75, 3.05) is 13.1 Å². The van der Waals surface area contributed by atoms with Gasteiger partial charge in [-0.1, -0.05) is 6.92 Å². The van der Waals surface area contributed by atoms with Crippen LogP contribution in [-0.4, -0.2) is 35.5 Å². The smallest absolute Gasteiger partial charge is 0.410 e. The molecule has 0 radical (unpaired) electrons. The predicted octanol–water partition coefficient (Wildman–Crippen LogP) is 1.98. The van der Waals surface area contributed by atoms with Crippen LogP contribution >= 0.6 is 0 Å². The van der Waals surface area contributed by atoms with Gasteiger partial charge in [0.05, 0.1) is 0 Å². The third-order valence-electron chi connectivity index (χ3n) is 2.76. The number of hydrogen-bond acceptors (Lipinski definition) is 3. The van der Waals surface area contributed by atoms with Gasteiger partial charge in [0.2, 0.25) is 0 Å². The summed E-state index contributed by atoms with van der Waals surface area (Å²) in [6, 6.07) is 0. The molecule has 1 fully saturated rings. The largest absolute Gasteiger partial charge is 0.435 e. The maximum Gasteiger partial charge on any atom is 0.410 e. The molecule has 0 aliphatic heterocycles. The Morgan fingerprint density at radius 3 is 2.27 bits per heavy atom. The number of carbonyl (C=O) groups excluding carboxylic acids is 2. The Kier molecular flexibility index (Phi) is 3.72. The Labute approximate surface area is 90.6 Å². The molecule has 15 heavy (non-hydrogen) atoms. The fraction of sp³-hybridized carbons (Fsp3) is 0.818. The second-order valence-corrected chi connectivity index (χ2v) is 4.00. The first kappa shape index (κ1) is 12.0. The van der Waals surface area contributed by atoms with Gasteiger partial charge in [-0.15, -0.1) is 0 Å². The summed E-state index contributed by atoms with van der Waals surface area (Å²) >= 11 is 0. The van der Waals surface area contributed by atoms with Crippen LogP contribution in [0, 0.1) is 0 Å². The molecule has 0 aromatic carbocycles. The number of ketones is 1. The maximum atomic E-state index is 11.7. The first-order valence-electron chi connectivity index (χ1n) is 5.54. The third kappa shape index (κ3) is 2.70. The van der Waals surface area contributed by atoms with Gasteiger partial charge in [-0.25, -0.2) is 4.79 Å². The number of rotatable bonds is 5. The van der Waals surface area contributed by atoms with Crippen molar-refractivity contribution in [3.05, 3.63) is 0 Å². The average molecular weight is 213 g/mol. The monoisotopic (exact) mass is 213 g/mol. The minimum absolute atomic E-state index is 0.0385. The van der Waals surface area contributed by atoms with Gasteiger partial charge in [0.25, 0.3) is 0 Å². The fourth-order valence-electron chi connectivity index (χ4n) is 1.52. The van der Waals surface area contributed by atoms with Crippen LogP contribution in [0.5, 0.6) is 0 Å². The molecule has 1 rings (SSSR count). The Balaban J connectivity index is 2.50. The van der Waals surface area contributed by atoms with Crippen molar-refractivity contribution in [2.24, 2.45) is 0 Å². The summed E-state index contributed by atoms with van der Waals surface area (Å²) in [4.78, 5) is 24.5. The summed E-state index contributed by atoms with van der Waals surface area (Å²) in [5.74, 6) is -0.0385. The Hall–Kier alpha value is -1.06. The molecule has 0 aromatic rings. The van der Waals surface area contributed by atoms with Crippen molar-refractivity contribution in [1.82, 2.24) is 4.90 Å². The summed E-state index contributed by atoms with van der Waals surface area (Å²) in [6.07, 6.45) is 1.90. The molecule has 0 bridgehead atoms. The third-order valence-corrected chi connectivity index (χ3v) is 2.76. The second-order valence-electron chi connectivity index (χ2n) is 4.00. The van der Waals surface area contributed by atoms with E-state index in [9.17, 15) is 9.59 Å². The minimum Gasteiger partial charge on any atom is -0.435 e. The van der Waals surface area contributed by atoms with Gasteiger partial charge < -0.3 is 9.64 Å². The van der Waals surface area contributed by atoms with Gasteiger partial charge in [-0.3, -0.25) is 4.79 Å². The van der Waals surface area contributed by atoms with E-state index in [1.807, 2.05) is 13.8 Å². The number of carbonyl (C=O) groups is 2. The molecule has 86 valence electrons. The van der Waals surface area contributed by atoms with Crippen LogP contribution in [0.15, 0.2) is 0 Å². The second kappa shape index (κ2) is 4.64. The molecule has 4 heteroatoms. The number of amides is 1. The van der Waals surface area contributed by atoms with E-state index < -0.39 is 5.60 Å². The molecule has 1 aliphatic rings. The van der Waals surface area contributed by atoms with Crippen LogP contribution < -0.4 is 0 Å². The molecular weight excluding hydrogens is 194 g/mol. The van der Waals surface area contributed by atoms with Crippen molar-refractivity contribution in [3.63, 3.8) is 0 Å². The van der Waals surface area contributed by atoms with E-state index in [-0.39, 0.29) is 11.9 Å². The van der Waals surface area contributed by atoms with Crippen LogP contribution in [0.1, 0.15) is 40.0 Å². The van der Waals surface area contributed by atoms with Gasteiger partial charge in [0, 0.05) is 13.1 Å². The van der Waals surface area contributed by atoms with Gasteiger partial charge in [0.15, 0.2) is 11.4 Å². The van der Waals surface area contributed by atoms with Crippen LogP contribution in [0.25, 0.3) is 0 Å². The summed E-state index contributed by atoms with van der Waals surface area (Å²) in [5, 5.41) is 0. The fourth-order valence-corrected chi connectivity index (χ4v) is 1.52. The summed E-state index contributed by atoms with van der Waals surface area (Å²) in [5.41, 5.74) is -0.780. The normalized spacial score (nSPS) is 17.0. The highest BCUT2D eigenvalue weighted by atomic mass is 16.6. The van der Waals surface area contributed by atoms with E-state index in [1.54, 1.807) is 4.90 Å². The predicted molar refractivity (Wildman–Crippen MR) is 56.7 cm³/mol. The van der Waals surface area contributed by atoms with Crippen LogP contribution in [0.3, 0.4) is 0 Å². The van der Waals surface area contributed by atoms with Crippen LogP contribution in [-0.2, 0) is 9.53 Å². The maximum absolute atomic E-state index is 11.7. The van der Waals surface area contributed by atoms with Crippen molar-refractivity contribution in [2.45, 2.75) is 45.6 Å². The zero-order valence-corrected chi connectivity index (χ0v) is 9.71. The lowest BCUT2D eigenvalue weighted by atomic mass is 10.2. The minimum atomic E-state index is -0.780. The van der Waals surface area contributed by atoms with Crippen molar-refractivity contribution < 1.29 is 14.3 Å². The van der Waals surface area contributed by atoms with Crippen LogP contribution in [0.4, 0.5) is 4.79 Å². The molecule has 1 saturated carbocycles. The molecule has 0 N–H and O–H groups in total. The lowest BCUT2D eigenvalue weighted by molar-refractivity contribution is -0.127. The highest BCUT2D eigenvalue weighted by Gasteiger charge is 2.52. The molecule has 0 spiro atoms. The van der Waals surface area contributed by atoms with E-state index in [1.165, 1.54) is 6.92 Å². The summed E-state index contributed by atoms with van der Waals surface area (Å²) < 4.78 is 5.25. The number of nitrogens with zero attached hydrogens (tertiary/aromatic N) is 1. The van der Waals surface area contributed by atoms with Crippen molar-refractivity contribution in [3.8, 4) is 0 Å². The van der Waals surface area contributed by atoms with E-state index in [0.717, 1.165) is 6.42 Å². The topological polar surface area (TPSA) is 46.6 Å². The molecule has 0 unspecified atom stereocenters. The lowest BCUT2D eigenvalue weighted by Gasteiger charge is -2.22. The summed E-state index contributed by atoms with van der Waals surface area (Å²) in [7, 11) is 0. The SMILES string of the molecule is CCCN(CC)C(=O)OC1(C(C)=O)CC1. The van der Waals surface area contributed by atoms with Crippen molar-refractivity contribution in [1.29, 1.82) is 0 Å². The molecular formula is C11H19NO3. The Morgan fingerprint density at radius 1 is 1.33 bits per heavy atom. The molecule has 0 heterocycles. The molecule has 4 nitrogen and oxygen atoms in total. The zero-order chi connectivity index (χ0) is 11.5. The first-order valence-corrected chi connectivity index (χ1v) is 5.54. The Bertz CT molecular complexity index is 259. The molecule has 1 amide bonds. The molecule has 0 saturated heterocycles. The quantitative estimate of drug-likeness (QED) is 0.701. The van der Waals surface area contributed by atoms with E-state index in [2.05, 4.69) is 0 Å². The highest BCUT2D eigenvalue weighted by molar-refractivity contribution is 5.90. The zero-order valence-electron chi connectivity index (χ0n) is 9.71. The van der Waals surface area contributed by atoms with Crippen LogP contribution in [0.2, 0.25) is 0 Å². The van der Waals surface area contributed by atoms with E-state index in [4.69, 9.17) is 4.74 Å². The van der Waals surface area contributed by atoms with E-state index >= 15 is 0 Å². The number of Topliss-reactive ketones (excluding diaryl/α,β-unsaturated/α-hetero) is 1. The molecule has 0 atom stereocenters. The number of ether oxygens (including phenoxy) is 1. The highest BCUT2D eigenvalue weighted by Crippen LogP contribution is 2.40. The molecule has 1 aliphatic carbocycles. The van der Waals surface area contributed by atoms with Gasteiger partial charge in [-0.05, 0) is 33.1 Å². The lowest BCUT2D eigenvalue weighted by Crippen LogP contribution is -2.37. The average Bonchev–Trinajstić information content (AvgIpc) is 2.95. The first-order chi connectivity index (χ1) is 7.05. The van der Waals surface area contributed by atoms with E-state index in [0.29, 0.717) is 25.9 Å². The Morgan fingerprint density at radius 2 is 1.93 bits per heavy atom. The number of hydrogen-bond donors (Lipinski definition) is 0.